The number of aliphatic hydroxyl groups is 1. The van der Waals surface area contributed by atoms with E-state index in [0.29, 0.717) is 5.56 Å². The van der Waals surface area contributed by atoms with Crippen molar-refractivity contribution in [1.29, 1.82) is 0 Å². The van der Waals surface area contributed by atoms with E-state index >= 15 is 0 Å². The van der Waals surface area contributed by atoms with Crippen LogP contribution in [0.2, 0.25) is 0 Å². The minimum absolute atomic E-state index is 0.0573. The van der Waals surface area contributed by atoms with Gasteiger partial charge in [-0.05, 0) is 69.5 Å². The van der Waals surface area contributed by atoms with Crippen LogP contribution in [0.25, 0.3) is 6.08 Å². The van der Waals surface area contributed by atoms with Gasteiger partial charge in [0.15, 0.2) is 11.7 Å². The summed E-state index contributed by atoms with van der Waals surface area (Å²) in [4.78, 5) is 71.8. The van der Waals surface area contributed by atoms with Gasteiger partial charge in [-0.15, -0.1) is 0 Å². The molecule has 2 aliphatic carbocycles. The zero-order chi connectivity index (χ0) is 38.9. The minimum atomic E-state index is -2.10. The van der Waals surface area contributed by atoms with E-state index in [0.717, 1.165) is 6.92 Å². The SMILES string of the molecule is CC(=O)OCC12C(OC(=O)C=Cc3ccccc3)CCC(C)(O)C13OC(C)(C)C(C(OC(=O)c1cccnc1)C2OC(=O)c1ccccc1)C3OC(C)=O. The number of fused-ring (bicyclic) bond motifs is 1. The highest BCUT2D eigenvalue weighted by atomic mass is 16.6. The molecule has 2 saturated carbocycles. The molecule has 54 heavy (non-hydrogen) atoms. The van der Waals surface area contributed by atoms with Crippen molar-refractivity contribution in [2.24, 2.45) is 11.3 Å². The Morgan fingerprint density at radius 2 is 1.46 bits per heavy atom. The first-order valence-corrected chi connectivity index (χ1v) is 17.7. The Kier molecular flexibility index (Phi) is 10.5. The highest BCUT2D eigenvalue weighted by Gasteiger charge is 2.87. The van der Waals surface area contributed by atoms with Gasteiger partial charge < -0.3 is 33.5 Å². The molecule has 2 bridgehead atoms. The van der Waals surface area contributed by atoms with E-state index in [1.165, 1.54) is 50.5 Å². The lowest BCUT2D eigenvalue weighted by Crippen LogP contribution is -2.83. The van der Waals surface area contributed by atoms with Crippen molar-refractivity contribution >= 4 is 35.9 Å². The first-order chi connectivity index (χ1) is 25.6. The summed E-state index contributed by atoms with van der Waals surface area (Å²) in [5, 5.41) is 12.6. The fourth-order valence-corrected chi connectivity index (χ4v) is 8.63. The number of carbonyl (C=O) groups excluding carboxylic acids is 5. The second kappa shape index (κ2) is 14.8. The molecule has 0 radical (unpaired) electrons. The summed E-state index contributed by atoms with van der Waals surface area (Å²) < 4.78 is 37.8. The summed E-state index contributed by atoms with van der Waals surface area (Å²) in [6.07, 6.45) is -0.518. The van der Waals surface area contributed by atoms with E-state index in [4.69, 9.17) is 28.4 Å². The minimum Gasteiger partial charge on any atom is -0.465 e. The number of hydrogen-bond donors (Lipinski definition) is 1. The van der Waals surface area contributed by atoms with E-state index in [9.17, 15) is 29.1 Å². The van der Waals surface area contributed by atoms with E-state index < -0.39 is 89.0 Å². The molecular formula is C41H43NO12. The lowest BCUT2D eigenvalue weighted by Gasteiger charge is -2.65. The van der Waals surface area contributed by atoms with Crippen LogP contribution in [-0.4, -0.2) is 87.8 Å². The van der Waals surface area contributed by atoms with Gasteiger partial charge >= 0.3 is 29.8 Å². The van der Waals surface area contributed by atoms with Crippen molar-refractivity contribution in [3.63, 3.8) is 0 Å². The Balaban J connectivity index is 1.61. The van der Waals surface area contributed by atoms with Gasteiger partial charge in [-0.3, -0.25) is 14.6 Å². The van der Waals surface area contributed by atoms with E-state index in [-0.39, 0.29) is 24.0 Å². The number of rotatable bonds is 10. The van der Waals surface area contributed by atoms with Crippen LogP contribution in [0.4, 0.5) is 0 Å². The molecule has 3 fully saturated rings. The van der Waals surface area contributed by atoms with Crippen LogP contribution in [0, 0.1) is 11.3 Å². The van der Waals surface area contributed by atoms with Gasteiger partial charge in [-0.25, -0.2) is 14.4 Å². The summed E-state index contributed by atoms with van der Waals surface area (Å²) >= 11 is 0. The Bertz CT molecular complexity index is 1910. The van der Waals surface area contributed by atoms with Crippen molar-refractivity contribution in [2.45, 2.75) is 88.7 Å². The molecule has 1 N–H and O–H groups in total. The largest absolute Gasteiger partial charge is 0.465 e. The monoisotopic (exact) mass is 741 g/mol. The first kappa shape index (κ1) is 38.3. The summed E-state index contributed by atoms with van der Waals surface area (Å²) in [6, 6.07) is 20.1. The van der Waals surface area contributed by atoms with Crippen molar-refractivity contribution < 1.29 is 57.5 Å². The van der Waals surface area contributed by atoms with Crippen LogP contribution < -0.4 is 0 Å². The molecule has 3 aliphatic rings. The Labute approximate surface area is 312 Å². The smallest absolute Gasteiger partial charge is 0.340 e. The third-order valence-electron chi connectivity index (χ3n) is 10.7. The molecule has 1 spiro atoms. The molecule has 8 unspecified atom stereocenters. The van der Waals surface area contributed by atoms with Crippen molar-refractivity contribution in [2.75, 3.05) is 6.61 Å². The third kappa shape index (κ3) is 6.77. The fourth-order valence-electron chi connectivity index (χ4n) is 8.63. The van der Waals surface area contributed by atoms with Crippen LogP contribution in [0.1, 0.15) is 73.7 Å². The molecule has 13 heteroatoms. The van der Waals surface area contributed by atoms with E-state index in [2.05, 4.69) is 4.98 Å². The molecule has 1 saturated heterocycles. The predicted molar refractivity (Wildman–Crippen MR) is 190 cm³/mol. The number of nitrogens with zero attached hydrogens (tertiary/aromatic N) is 1. The maximum Gasteiger partial charge on any atom is 0.340 e. The molecule has 3 aromatic rings. The van der Waals surface area contributed by atoms with Crippen LogP contribution in [0.3, 0.4) is 0 Å². The van der Waals surface area contributed by atoms with Gasteiger partial charge in [0.2, 0.25) is 0 Å². The molecule has 2 heterocycles. The second-order valence-corrected chi connectivity index (χ2v) is 14.6. The average Bonchev–Trinajstić information content (AvgIpc) is 3.34. The fraction of sp³-hybridized carbons (Fsp3) is 0.415. The molecule has 6 rings (SSSR count). The van der Waals surface area contributed by atoms with Crippen LogP contribution >= 0.6 is 0 Å². The second-order valence-electron chi connectivity index (χ2n) is 14.6. The first-order valence-electron chi connectivity index (χ1n) is 17.7. The van der Waals surface area contributed by atoms with Gasteiger partial charge in [0.1, 0.15) is 30.3 Å². The van der Waals surface area contributed by atoms with Crippen LogP contribution in [-0.2, 0) is 42.8 Å². The molecule has 284 valence electrons. The van der Waals surface area contributed by atoms with E-state index in [1.54, 1.807) is 68.5 Å². The highest BCUT2D eigenvalue weighted by Crippen LogP contribution is 2.69. The summed E-state index contributed by atoms with van der Waals surface area (Å²) in [5.74, 6) is -5.16. The third-order valence-corrected chi connectivity index (χ3v) is 10.7. The lowest BCUT2D eigenvalue weighted by atomic mass is 9.46. The normalized spacial score (nSPS) is 30.7. The van der Waals surface area contributed by atoms with Crippen LogP contribution in [0.15, 0.2) is 91.3 Å². The van der Waals surface area contributed by atoms with Crippen molar-refractivity contribution in [3.8, 4) is 0 Å². The zero-order valence-electron chi connectivity index (χ0n) is 30.6. The van der Waals surface area contributed by atoms with Crippen LogP contribution in [0.5, 0.6) is 0 Å². The maximum absolute atomic E-state index is 14.2. The maximum atomic E-state index is 14.2. The number of carbonyl (C=O) groups is 5. The molecule has 13 nitrogen and oxygen atoms in total. The summed E-state index contributed by atoms with van der Waals surface area (Å²) in [7, 11) is 0. The zero-order valence-corrected chi connectivity index (χ0v) is 30.6. The van der Waals surface area contributed by atoms with Gasteiger partial charge in [0.25, 0.3) is 0 Å². The molecular weight excluding hydrogens is 698 g/mol. The summed E-state index contributed by atoms with van der Waals surface area (Å²) in [5.41, 5.74) is -6.59. The number of esters is 5. The number of pyridine rings is 1. The predicted octanol–water partition coefficient (Wildman–Crippen LogP) is 4.66. The molecule has 1 aliphatic heterocycles. The van der Waals surface area contributed by atoms with Gasteiger partial charge in [-0.2, -0.15) is 0 Å². The number of benzene rings is 2. The standard InChI is InChI=1S/C41H43NO12/c1-25(43)49-24-40-30(51-31(45)19-18-27-13-8-6-9-14-27)20-21-39(5,48)41(40)34(50-26(2)44)32(38(3,4)54-41)33(52-37(47)29-17-12-22-42-23-29)35(40)53-36(46)28-15-10-7-11-16-28/h6-19,22-23,30,32-35,48H,20-21,24H2,1-5H3. The number of aromatic nitrogens is 1. The Morgan fingerprint density at radius 3 is 2.09 bits per heavy atom. The average molecular weight is 742 g/mol. The Morgan fingerprint density at radius 1 is 0.815 bits per heavy atom. The van der Waals surface area contributed by atoms with Gasteiger partial charge in [-0.1, -0.05) is 48.5 Å². The van der Waals surface area contributed by atoms with Crippen molar-refractivity contribution in [1.82, 2.24) is 4.98 Å². The lowest BCUT2D eigenvalue weighted by molar-refractivity contribution is -0.348. The van der Waals surface area contributed by atoms with Gasteiger partial charge in [0.05, 0.1) is 28.2 Å². The van der Waals surface area contributed by atoms with Crippen molar-refractivity contribution in [3.05, 3.63) is 108 Å². The number of hydrogen-bond acceptors (Lipinski definition) is 13. The summed E-state index contributed by atoms with van der Waals surface area (Å²) in [6.45, 7) is 6.47. The van der Waals surface area contributed by atoms with E-state index in [1.807, 2.05) is 6.07 Å². The molecule has 1 aromatic heterocycles. The van der Waals surface area contributed by atoms with Gasteiger partial charge in [0, 0.05) is 32.3 Å². The molecule has 0 amide bonds. The Hall–Kier alpha value is -5.40. The molecule has 2 aromatic carbocycles. The number of ether oxygens (including phenoxy) is 6. The quantitative estimate of drug-likeness (QED) is 0.173. The molecule has 8 atom stereocenters. The highest BCUT2D eigenvalue weighted by molar-refractivity contribution is 5.90. The topological polar surface area (TPSA) is 174 Å².